The van der Waals surface area contributed by atoms with E-state index in [-0.39, 0.29) is 37.6 Å². The van der Waals surface area contributed by atoms with Crippen molar-refractivity contribution in [3.8, 4) is 0 Å². The van der Waals surface area contributed by atoms with Gasteiger partial charge in [0.15, 0.2) is 0 Å². The van der Waals surface area contributed by atoms with Gasteiger partial charge in [-0.3, -0.25) is 10.1 Å². The van der Waals surface area contributed by atoms with Gasteiger partial charge in [-0.05, 0) is 54.9 Å². The molecule has 3 amide bonds. The fourth-order valence-electron chi connectivity index (χ4n) is 2.38. The number of amidine groups is 1. The molecule has 1 aliphatic heterocycles. The van der Waals surface area contributed by atoms with Gasteiger partial charge in [0.05, 0.1) is 6.04 Å². The first-order valence-corrected chi connectivity index (χ1v) is 10.1. The minimum atomic E-state index is -0.863. The summed E-state index contributed by atoms with van der Waals surface area (Å²) in [6, 6.07) is -0.458. The molecule has 0 radical (unpaired) electrons. The van der Waals surface area contributed by atoms with Gasteiger partial charge in [-0.25, -0.2) is 14.4 Å². The van der Waals surface area contributed by atoms with Gasteiger partial charge in [0.25, 0.3) is 0 Å². The molecule has 11 nitrogen and oxygen atoms in total. The average molecular weight is 443 g/mol. The van der Waals surface area contributed by atoms with Crippen LogP contribution in [0.5, 0.6) is 0 Å². The van der Waals surface area contributed by atoms with E-state index in [0.29, 0.717) is 0 Å². The van der Waals surface area contributed by atoms with Crippen molar-refractivity contribution < 1.29 is 38.1 Å². The minimum Gasteiger partial charge on any atom is -0.444 e. The van der Waals surface area contributed by atoms with E-state index >= 15 is 0 Å². The minimum absolute atomic E-state index is 0.0251. The smallest absolute Gasteiger partial charge is 0.444 e. The lowest BCUT2D eigenvalue weighted by Crippen LogP contribution is -2.50. The van der Waals surface area contributed by atoms with E-state index in [0.717, 1.165) is 0 Å². The number of aliphatic imine (C=N–C) groups is 1. The van der Waals surface area contributed by atoms with Crippen LogP contribution in [0.2, 0.25) is 0 Å². The van der Waals surface area contributed by atoms with Crippen molar-refractivity contribution in [2.45, 2.75) is 91.1 Å². The summed E-state index contributed by atoms with van der Waals surface area (Å²) in [5, 5.41) is 5.16. The Morgan fingerprint density at radius 3 is 2.23 bits per heavy atom. The number of alkyl carbamates (subject to hydrolysis) is 1. The van der Waals surface area contributed by atoms with Crippen molar-refractivity contribution in [2.24, 2.45) is 4.99 Å². The lowest BCUT2D eigenvalue weighted by Gasteiger charge is -2.28. The van der Waals surface area contributed by atoms with Crippen molar-refractivity contribution in [2.75, 3.05) is 6.61 Å². The largest absolute Gasteiger partial charge is 0.508 e. The number of hydrogen-bond acceptors (Lipinski definition) is 8. The SMILES string of the molecule is CC1OC(=O)OCC1NC(=O)CCCC(=NC(=O)OC(C)(C)C)NC(=O)OC(C)(C)C. The highest BCUT2D eigenvalue weighted by molar-refractivity contribution is 6.00. The van der Waals surface area contributed by atoms with Gasteiger partial charge in [-0.1, -0.05) is 0 Å². The molecule has 11 heteroatoms. The van der Waals surface area contributed by atoms with Crippen LogP contribution in [0.4, 0.5) is 14.4 Å². The maximum absolute atomic E-state index is 12.2. The fourth-order valence-corrected chi connectivity index (χ4v) is 2.38. The van der Waals surface area contributed by atoms with Gasteiger partial charge in [0.2, 0.25) is 5.91 Å². The molecule has 2 unspecified atom stereocenters. The van der Waals surface area contributed by atoms with Crippen LogP contribution in [0.3, 0.4) is 0 Å². The van der Waals surface area contributed by atoms with E-state index in [2.05, 4.69) is 15.6 Å². The highest BCUT2D eigenvalue weighted by Gasteiger charge is 2.29. The molecular formula is C20H33N3O8. The van der Waals surface area contributed by atoms with Crippen LogP contribution < -0.4 is 10.6 Å². The molecule has 2 atom stereocenters. The highest BCUT2D eigenvalue weighted by atomic mass is 16.7. The summed E-state index contributed by atoms with van der Waals surface area (Å²) >= 11 is 0. The van der Waals surface area contributed by atoms with Crippen LogP contribution in [0.1, 0.15) is 67.7 Å². The van der Waals surface area contributed by atoms with Crippen LogP contribution >= 0.6 is 0 Å². The van der Waals surface area contributed by atoms with Crippen LogP contribution in [0.25, 0.3) is 0 Å². The molecule has 0 aromatic rings. The predicted octanol–water partition coefficient (Wildman–Crippen LogP) is 3.06. The van der Waals surface area contributed by atoms with Crippen molar-refractivity contribution in [3.05, 3.63) is 0 Å². The lowest BCUT2D eigenvalue weighted by molar-refractivity contribution is -0.124. The van der Waals surface area contributed by atoms with Crippen molar-refractivity contribution in [1.29, 1.82) is 0 Å². The second kappa shape index (κ2) is 11.0. The number of ether oxygens (including phenoxy) is 4. The molecule has 1 heterocycles. The van der Waals surface area contributed by atoms with E-state index in [1.165, 1.54) is 0 Å². The summed E-state index contributed by atoms with van der Waals surface area (Å²) < 4.78 is 20.0. The van der Waals surface area contributed by atoms with Gasteiger partial charge < -0.3 is 24.3 Å². The molecule has 0 bridgehead atoms. The van der Waals surface area contributed by atoms with Gasteiger partial charge in [-0.2, -0.15) is 4.99 Å². The maximum Gasteiger partial charge on any atom is 0.508 e. The van der Waals surface area contributed by atoms with Gasteiger partial charge in [0.1, 0.15) is 29.7 Å². The maximum atomic E-state index is 12.2. The zero-order valence-corrected chi connectivity index (χ0v) is 19.2. The first-order chi connectivity index (χ1) is 14.1. The third-order valence-corrected chi connectivity index (χ3v) is 3.66. The molecule has 0 spiro atoms. The topological polar surface area (TPSA) is 142 Å². The zero-order valence-electron chi connectivity index (χ0n) is 19.2. The summed E-state index contributed by atoms with van der Waals surface area (Å²) in [5.74, 6) is -0.271. The number of amides is 3. The molecule has 176 valence electrons. The summed E-state index contributed by atoms with van der Waals surface area (Å²) in [6.07, 6.45) is -2.42. The number of carbonyl (C=O) groups excluding carboxylic acids is 4. The molecule has 2 N–H and O–H groups in total. The van der Waals surface area contributed by atoms with E-state index in [9.17, 15) is 19.2 Å². The molecule has 1 aliphatic rings. The molecule has 1 fully saturated rings. The van der Waals surface area contributed by atoms with Crippen LogP contribution in [-0.2, 0) is 23.7 Å². The number of rotatable bonds is 5. The van der Waals surface area contributed by atoms with Crippen LogP contribution in [0, 0.1) is 0 Å². The molecule has 0 aliphatic carbocycles. The van der Waals surface area contributed by atoms with E-state index in [4.69, 9.17) is 18.9 Å². The molecule has 31 heavy (non-hydrogen) atoms. The van der Waals surface area contributed by atoms with Crippen molar-refractivity contribution in [1.82, 2.24) is 10.6 Å². The Kier molecular flexibility index (Phi) is 9.26. The van der Waals surface area contributed by atoms with Crippen molar-refractivity contribution in [3.63, 3.8) is 0 Å². The lowest BCUT2D eigenvalue weighted by atomic mass is 10.1. The first kappa shape index (κ1) is 26.2. The normalized spacial score (nSPS) is 19.6. The van der Waals surface area contributed by atoms with Crippen LogP contribution in [0.15, 0.2) is 4.99 Å². The zero-order chi connectivity index (χ0) is 23.8. The highest BCUT2D eigenvalue weighted by Crippen LogP contribution is 2.11. The number of nitrogens with one attached hydrogen (secondary N) is 2. The summed E-state index contributed by atoms with van der Waals surface area (Å²) in [7, 11) is 0. The van der Waals surface area contributed by atoms with Gasteiger partial charge >= 0.3 is 18.3 Å². The Balaban J connectivity index is 2.65. The first-order valence-electron chi connectivity index (χ1n) is 10.1. The molecular weight excluding hydrogens is 410 g/mol. The summed E-state index contributed by atoms with van der Waals surface area (Å²) in [6.45, 7) is 11.9. The number of hydrogen-bond donors (Lipinski definition) is 2. The third-order valence-electron chi connectivity index (χ3n) is 3.66. The molecule has 0 aromatic heterocycles. The molecule has 1 rings (SSSR count). The average Bonchev–Trinajstić information content (AvgIpc) is 2.53. The molecule has 0 saturated carbocycles. The van der Waals surface area contributed by atoms with Crippen LogP contribution in [-0.4, -0.2) is 60.0 Å². The number of cyclic esters (lactones) is 2. The predicted molar refractivity (Wildman–Crippen MR) is 111 cm³/mol. The van der Waals surface area contributed by atoms with Gasteiger partial charge in [-0.15, -0.1) is 0 Å². The standard InChI is InChI=1S/C20H33N3O8/c1-12-13(11-28-18(27)29-12)21-15(24)10-8-9-14(22-16(25)30-19(2,3)4)23-17(26)31-20(5,6)7/h12-13H,8-11H2,1-7H3,(H,21,24)(H,22,23,25,26). The Labute approximate surface area is 182 Å². The molecule has 0 aromatic carbocycles. The van der Waals surface area contributed by atoms with Crippen molar-refractivity contribution >= 4 is 30.1 Å². The summed E-state index contributed by atoms with van der Waals surface area (Å²) in [4.78, 5) is 51.1. The van der Waals surface area contributed by atoms with Gasteiger partial charge in [0, 0.05) is 12.8 Å². The summed E-state index contributed by atoms with van der Waals surface area (Å²) in [5.41, 5.74) is -1.48. The quantitative estimate of drug-likeness (QED) is 0.286. The fraction of sp³-hybridized carbons (Fsp3) is 0.750. The number of carbonyl (C=O) groups is 4. The monoisotopic (exact) mass is 443 g/mol. The molecule has 1 saturated heterocycles. The van der Waals surface area contributed by atoms with E-state index < -0.39 is 41.7 Å². The Bertz CT molecular complexity index is 706. The third kappa shape index (κ3) is 11.8. The Morgan fingerprint density at radius 2 is 1.68 bits per heavy atom. The Morgan fingerprint density at radius 1 is 1.06 bits per heavy atom. The number of nitrogens with zero attached hydrogens (tertiary/aromatic N) is 1. The second-order valence-corrected chi connectivity index (χ2v) is 9.08. The Hall–Kier alpha value is -2.85. The second-order valence-electron chi connectivity index (χ2n) is 9.08. The van der Waals surface area contributed by atoms with E-state index in [1.54, 1.807) is 48.5 Å². The van der Waals surface area contributed by atoms with E-state index in [1.807, 2.05) is 0 Å².